The van der Waals surface area contributed by atoms with Crippen LogP contribution < -0.4 is 5.32 Å². The van der Waals surface area contributed by atoms with E-state index in [2.05, 4.69) is 12.2 Å². The molecular formula is C15H17Cl2NO. The van der Waals surface area contributed by atoms with Crippen LogP contribution in [0.15, 0.2) is 41.0 Å². The molecule has 0 amide bonds. The van der Waals surface area contributed by atoms with Crippen LogP contribution >= 0.6 is 23.2 Å². The lowest BCUT2D eigenvalue weighted by Gasteiger charge is -2.19. The zero-order valence-corrected chi connectivity index (χ0v) is 12.3. The quantitative estimate of drug-likeness (QED) is 0.823. The molecule has 1 aromatic carbocycles. The summed E-state index contributed by atoms with van der Waals surface area (Å²) < 4.78 is 5.37. The molecule has 1 N–H and O–H groups in total. The van der Waals surface area contributed by atoms with Crippen LogP contribution in [0, 0.1) is 0 Å². The van der Waals surface area contributed by atoms with Crippen LogP contribution in [0.1, 0.15) is 30.7 Å². The largest absolute Gasteiger partial charge is 0.469 e. The third kappa shape index (κ3) is 4.00. The Hall–Kier alpha value is -0.960. The summed E-state index contributed by atoms with van der Waals surface area (Å²) in [6.45, 7) is 2.96. The molecule has 0 fully saturated rings. The van der Waals surface area contributed by atoms with Gasteiger partial charge in [0.05, 0.1) is 6.26 Å². The zero-order chi connectivity index (χ0) is 13.7. The highest BCUT2D eigenvalue weighted by molar-refractivity contribution is 6.33. The maximum Gasteiger partial charge on any atom is 0.103 e. The van der Waals surface area contributed by atoms with Gasteiger partial charge in [-0.25, -0.2) is 0 Å². The van der Waals surface area contributed by atoms with Gasteiger partial charge in [0.1, 0.15) is 5.76 Å². The van der Waals surface area contributed by atoms with Crippen molar-refractivity contribution in [2.75, 3.05) is 6.54 Å². The normalized spacial score (nSPS) is 12.6. The van der Waals surface area contributed by atoms with Crippen LogP contribution in [0.4, 0.5) is 0 Å². The van der Waals surface area contributed by atoms with Gasteiger partial charge in [-0.2, -0.15) is 0 Å². The van der Waals surface area contributed by atoms with Gasteiger partial charge in [-0.15, -0.1) is 0 Å². The van der Waals surface area contributed by atoms with Crippen LogP contribution in [0.25, 0.3) is 0 Å². The molecule has 0 saturated heterocycles. The minimum Gasteiger partial charge on any atom is -0.469 e. The van der Waals surface area contributed by atoms with Crippen molar-refractivity contribution in [2.24, 2.45) is 0 Å². The van der Waals surface area contributed by atoms with Crippen molar-refractivity contribution < 1.29 is 4.42 Å². The van der Waals surface area contributed by atoms with Crippen LogP contribution in [0.5, 0.6) is 0 Å². The second-order valence-electron chi connectivity index (χ2n) is 4.39. The van der Waals surface area contributed by atoms with E-state index in [1.165, 1.54) is 0 Å². The van der Waals surface area contributed by atoms with Crippen LogP contribution in [-0.2, 0) is 6.42 Å². The smallest absolute Gasteiger partial charge is 0.103 e. The average Bonchev–Trinajstić information content (AvgIpc) is 2.91. The van der Waals surface area contributed by atoms with Gasteiger partial charge >= 0.3 is 0 Å². The van der Waals surface area contributed by atoms with Crippen molar-refractivity contribution in [3.05, 3.63) is 58.0 Å². The van der Waals surface area contributed by atoms with E-state index in [9.17, 15) is 0 Å². The maximum absolute atomic E-state index is 6.27. The van der Waals surface area contributed by atoms with Gasteiger partial charge in [0.15, 0.2) is 0 Å². The first kappa shape index (κ1) is 14.4. The van der Waals surface area contributed by atoms with Crippen LogP contribution in [0.2, 0.25) is 10.0 Å². The highest BCUT2D eigenvalue weighted by Crippen LogP contribution is 2.29. The molecule has 0 radical (unpaired) electrons. The molecule has 1 aromatic heterocycles. The number of halogens is 2. The molecule has 1 atom stereocenters. The molecule has 4 heteroatoms. The van der Waals surface area contributed by atoms with Crippen LogP contribution in [0.3, 0.4) is 0 Å². The Bertz CT molecular complexity index is 511. The fraction of sp³-hybridized carbons (Fsp3) is 0.333. The molecule has 19 heavy (non-hydrogen) atoms. The Labute approximate surface area is 123 Å². The van der Waals surface area contributed by atoms with E-state index in [-0.39, 0.29) is 6.04 Å². The average molecular weight is 298 g/mol. The second-order valence-corrected chi connectivity index (χ2v) is 5.24. The first-order valence-corrected chi connectivity index (χ1v) is 7.17. The fourth-order valence-corrected chi connectivity index (χ4v) is 2.57. The number of aryl methyl sites for hydroxylation is 1. The minimum atomic E-state index is 0.182. The third-order valence-electron chi connectivity index (χ3n) is 3.04. The summed E-state index contributed by atoms with van der Waals surface area (Å²) >= 11 is 12.3. The summed E-state index contributed by atoms with van der Waals surface area (Å²) in [6, 6.07) is 9.66. The zero-order valence-electron chi connectivity index (χ0n) is 10.8. The summed E-state index contributed by atoms with van der Waals surface area (Å²) in [5, 5.41) is 4.90. The van der Waals surface area contributed by atoms with Gasteiger partial charge in [-0.3, -0.25) is 0 Å². The molecule has 1 heterocycles. The molecule has 0 spiro atoms. The summed E-state index contributed by atoms with van der Waals surface area (Å²) in [5.74, 6) is 0.987. The molecule has 102 valence electrons. The molecular weight excluding hydrogens is 281 g/mol. The van der Waals surface area contributed by atoms with E-state index in [4.69, 9.17) is 27.6 Å². The molecule has 2 nitrogen and oxygen atoms in total. The summed E-state index contributed by atoms with van der Waals surface area (Å²) in [5.41, 5.74) is 1.04. The number of rotatable bonds is 6. The number of hydrogen-bond donors (Lipinski definition) is 1. The van der Waals surface area contributed by atoms with Crippen molar-refractivity contribution in [1.29, 1.82) is 0 Å². The van der Waals surface area contributed by atoms with E-state index in [1.54, 1.807) is 6.26 Å². The van der Waals surface area contributed by atoms with E-state index in [0.717, 1.165) is 35.7 Å². The SMILES string of the molecule is CCNC(CCc1ccco1)c1cc(Cl)ccc1Cl. The van der Waals surface area contributed by atoms with Gasteiger partial charge in [-0.1, -0.05) is 30.1 Å². The van der Waals surface area contributed by atoms with Gasteiger partial charge in [-0.05, 0) is 48.9 Å². The Morgan fingerprint density at radius 3 is 2.79 bits per heavy atom. The first-order valence-electron chi connectivity index (χ1n) is 6.41. The Kier molecular flexibility index (Phi) is 5.32. The fourth-order valence-electron chi connectivity index (χ4n) is 2.14. The van der Waals surface area contributed by atoms with Crippen LogP contribution in [-0.4, -0.2) is 6.54 Å². The summed E-state index contributed by atoms with van der Waals surface area (Å²) in [7, 11) is 0. The predicted octanol–water partition coefficient (Wildman–Crippen LogP) is 4.87. The number of nitrogens with one attached hydrogen (secondary N) is 1. The molecule has 0 aliphatic carbocycles. The van der Waals surface area contributed by atoms with Gasteiger partial charge in [0, 0.05) is 22.5 Å². The molecule has 1 unspecified atom stereocenters. The molecule has 0 bridgehead atoms. The lowest BCUT2D eigenvalue weighted by atomic mass is 10.0. The summed E-state index contributed by atoms with van der Waals surface area (Å²) in [4.78, 5) is 0. The van der Waals surface area contributed by atoms with E-state index >= 15 is 0 Å². The van der Waals surface area contributed by atoms with E-state index in [1.807, 2.05) is 30.3 Å². The monoisotopic (exact) mass is 297 g/mol. The van der Waals surface area contributed by atoms with Crippen molar-refractivity contribution in [1.82, 2.24) is 5.32 Å². The number of furan rings is 1. The topological polar surface area (TPSA) is 25.2 Å². The maximum atomic E-state index is 6.27. The number of benzene rings is 1. The molecule has 0 saturated carbocycles. The summed E-state index contributed by atoms with van der Waals surface area (Å²) in [6.07, 6.45) is 3.48. The van der Waals surface area contributed by atoms with E-state index < -0.39 is 0 Å². The predicted molar refractivity (Wildman–Crippen MR) is 79.9 cm³/mol. The molecule has 2 rings (SSSR count). The Morgan fingerprint density at radius 2 is 2.11 bits per heavy atom. The van der Waals surface area contributed by atoms with Crippen molar-refractivity contribution >= 4 is 23.2 Å². The van der Waals surface area contributed by atoms with Crippen molar-refractivity contribution in [2.45, 2.75) is 25.8 Å². The standard InChI is InChI=1S/C15H17Cl2NO/c1-2-18-15(8-6-12-4-3-9-19-12)13-10-11(16)5-7-14(13)17/h3-5,7,9-10,15,18H,2,6,8H2,1H3. The highest BCUT2D eigenvalue weighted by atomic mass is 35.5. The van der Waals surface area contributed by atoms with Crippen molar-refractivity contribution in [3.63, 3.8) is 0 Å². The lowest BCUT2D eigenvalue weighted by molar-refractivity contribution is 0.458. The Balaban J connectivity index is 2.12. The first-order chi connectivity index (χ1) is 9.20. The van der Waals surface area contributed by atoms with E-state index in [0.29, 0.717) is 5.02 Å². The lowest BCUT2D eigenvalue weighted by Crippen LogP contribution is -2.21. The number of hydrogen-bond acceptors (Lipinski definition) is 2. The molecule has 0 aliphatic heterocycles. The third-order valence-corrected chi connectivity index (χ3v) is 3.62. The van der Waals surface area contributed by atoms with Gasteiger partial charge < -0.3 is 9.73 Å². The molecule has 0 aliphatic rings. The second kappa shape index (κ2) is 6.99. The Morgan fingerprint density at radius 1 is 1.26 bits per heavy atom. The van der Waals surface area contributed by atoms with Crippen molar-refractivity contribution in [3.8, 4) is 0 Å². The minimum absolute atomic E-state index is 0.182. The highest BCUT2D eigenvalue weighted by Gasteiger charge is 2.15. The molecule has 2 aromatic rings. The van der Waals surface area contributed by atoms with Gasteiger partial charge in [0.25, 0.3) is 0 Å². The van der Waals surface area contributed by atoms with Gasteiger partial charge in [0.2, 0.25) is 0 Å².